The molecule has 0 aliphatic carbocycles. The van der Waals surface area contributed by atoms with Gasteiger partial charge < -0.3 is 20.1 Å². The van der Waals surface area contributed by atoms with Crippen molar-refractivity contribution in [3.63, 3.8) is 0 Å². The number of carbonyl (C=O) groups is 1. The average Bonchev–Trinajstić information content (AvgIpc) is 3.75. The van der Waals surface area contributed by atoms with E-state index in [9.17, 15) is 4.79 Å². The lowest BCUT2D eigenvalue weighted by Gasteiger charge is -2.21. The third-order valence-corrected chi connectivity index (χ3v) is 8.27. The monoisotopic (exact) mass is 664 g/mol. The molecule has 13 heteroatoms. The molecule has 1 aliphatic heterocycles. The highest BCUT2D eigenvalue weighted by atomic mass is 16.5. The number of aryl methyl sites for hydroxylation is 1. The third-order valence-electron chi connectivity index (χ3n) is 8.27. The van der Waals surface area contributed by atoms with Gasteiger partial charge in [0.15, 0.2) is 5.65 Å². The summed E-state index contributed by atoms with van der Waals surface area (Å²) in [6, 6.07) is 18.0. The van der Waals surface area contributed by atoms with Crippen LogP contribution in [0.3, 0.4) is 0 Å². The largest absolute Gasteiger partial charge is 0.497 e. The predicted octanol–water partition coefficient (Wildman–Crippen LogP) is 5.71. The van der Waals surface area contributed by atoms with Crippen molar-refractivity contribution in [3.8, 4) is 22.6 Å². The molecule has 49 heavy (non-hydrogen) atoms. The quantitative estimate of drug-likeness (QED) is 0.142. The molecule has 1 saturated heterocycles. The minimum atomic E-state index is -0.437. The van der Waals surface area contributed by atoms with Gasteiger partial charge in [-0.25, -0.2) is 19.4 Å². The van der Waals surface area contributed by atoms with Crippen LogP contribution in [-0.4, -0.2) is 80.3 Å². The Hall–Kier alpha value is -5.30. The van der Waals surface area contributed by atoms with Gasteiger partial charge in [-0.3, -0.25) is 10.2 Å². The molecule has 1 fully saturated rings. The van der Waals surface area contributed by atoms with E-state index in [2.05, 4.69) is 77.7 Å². The van der Waals surface area contributed by atoms with Crippen LogP contribution in [0.25, 0.3) is 22.2 Å². The van der Waals surface area contributed by atoms with Crippen LogP contribution in [0.2, 0.25) is 0 Å². The summed E-state index contributed by atoms with van der Waals surface area (Å²) in [4.78, 5) is 29.4. The lowest BCUT2D eigenvalue weighted by Crippen LogP contribution is -2.43. The molecule has 1 atom stereocenters. The lowest BCUT2D eigenvalue weighted by atomic mass is 10.0. The highest BCUT2D eigenvalue weighted by Crippen LogP contribution is 2.35. The van der Waals surface area contributed by atoms with Crippen LogP contribution in [0, 0.1) is 0 Å². The lowest BCUT2D eigenvalue weighted by molar-refractivity contribution is 0.243. The third kappa shape index (κ3) is 8.79. The van der Waals surface area contributed by atoms with Gasteiger partial charge in [-0.2, -0.15) is 4.98 Å². The van der Waals surface area contributed by atoms with Crippen LogP contribution in [-0.2, 0) is 13.0 Å². The Morgan fingerprint density at radius 1 is 1.02 bits per heavy atom. The summed E-state index contributed by atoms with van der Waals surface area (Å²) in [5.74, 6) is 2.03. The smallest absolute Gasteiger partial charge is 0.320 e. The molecule has 0 bridgehead atoms. The van der Waals surface area contributed by atoms with E-state index < -0.39 is 5.54 Å². The fourth-order valence-electron chi connectivity index (χ4n) is 5.90. The molecule has 13 nitrogen and oxygen atoms in total. The number of amides is 2. The van der Waals surface area contributed by atoms with Gasteiger partial charge in [0.05, 0.1) is 26.0 Å². The van der Waals surface area contributed by atoms with Crippen molar-refractivity contribution >= 4 is 28.8 Å². The number of methoxy groups -OCH3 is 2. The molecule has 1 aliphatic rings. The molecule has 0 saturated carbocycles. The molecule has 3 aromatic heterocycles. The first-order valence-electron chi connectivity index (χ1n) is 16.6. The molecule has 2 amide bonds. The first-order chi connectivity index (χ1) is 23.7. The number of benzene rings is 2. The summed E-state index contributed by atoms with van der Waals surface area (Å²) in [6.07, 6.45) is 6.48. The van der Waals surface area contributed by atoms with Gasteiger partial charge in [0.1, 0.15) is 17.3 Å². The zero-order valence-electron chi connectivity index (χ0n) is 28.7. The van der Waals surface area contributed by atoms with Crippen LogP contribution in [0.4, 0.5) is 16.6 Å². The Morgan fingerprint density at radius 2 is 1.80 bits per heavy atom. The maximum absolute atomic E-state index is 12.9. The molecule has 6 rings (SSSR count). The number of rotatable bonds is 12. The summed E-state index contributed by atoms with van der Waals surface area (Å²) < 4.78 is 13.0. The first-order valence-corrected chi connectivity index (χ1v) is 16.6. The van der Waals surface area contributed by atoms with Gasteiger partial charge in [0, 0.05) is 61.1 Å². The van der Waals surface area contributed by atoms with Crippen LogP contribution >= 0.6 is 0 Å². The second-order valence-corrected chi connectivity index (χ2v) is 13.3. The Morgan fingerprint density at radius 3 is 2.53 bits per heavy atom. The van der Waals surface area contributed by atoms with E-state index >= 15 is 0 Å². The van der Waals surface area contributed by atoms with Crippen LogP contribution in [0.5, 0.6) is 11.5 Å². The minimum Gasteiger partial charge on any atom is -0.497 e. The molecular weight excluding hydrogens is 620 g/mol. The molecular formula is C36H44N10O3. The fraction of sp³-hybridized carbons (Fsp3) is 0.389. The van der Waals surface area contributed by atoms with Gasteiger partial charge in [-0.05, 0) is 69.4 Å². The van der Waals surface area contributed by atoms with Gasteiger partial charge in [-0.15, -0.1) is 5.10 Å². The van der Waals surface area contributed by atoms with Crippen LogP contribution in [0.1, 0.15) is 50.9 Å². The SMILES string of the molecule is COc1cc(OC)cc(-c2cc3cnc(NCCCc4cn(C5CCN(Cc6ccccc6)C5)nn4)nc3nc2NC(=O)NC(C)(C)C)c1. The second-order valence-electron chi connectivity index (χ2n) is 13.3. The topological polar surface area (TPSA) is 144 Å². The number of urea groups is 1. The Labute approximate surface area is 286 Å². The van der Waals surface area contributed by atoms with E-state index in [1.165, 1.54) is 5.56 Å². The molecule has 4 heterocycles. The number of carbonyl (C=O) groups excluding carboxylic acids is 1. The summed E-state index contributed by atoms with van der Waals surface area (Å²) in [5.41, 5.74) is 3.74. The van der Waals surface area contributed by atoms with Gasteiger partial charge >= 0.3 is 6.03 Å². The molecule has 256 valence electrons. The number of hydrogen-bond acceptors (Lipinski definition) is 10. The molecule has 5 aromatic rings. The van der Waals surface area contributed by atoms with E-state index in [1.54, 1.807) is 26.5 Å². The number of fused-ring (bicyclic) bond motifs is 1. The number of anilines is 2. The number of nitrogens with zero attached hydrogens (tertiary/aromatic N) is 7. The van der Waals surface area contributed by atoms with Gasteiger partial charge in [0.25, 0.3) is 0 Å². The summed E-state index contributed by atoms with van der Waals surface area (Å²) >= 11 is 0. The van der Waals surface area contributed by atoms with Gasteiger partial charge in [-0.1, -0.05) is 35.5 Å². The van der Waals surface area contributed by atoms with Crippen LogP contribution < -0.4 is 25.4 Å². The fourth-order valence-corrected chi connectivity index (χ4v) is 5.90. The number of pyridine rings is 1. The number of hydrogen-bond donors (Lipinski definition) is 3. The van der Waals surface area contributed by atoms with E-state index in [0.717, 1.165) is 55.5 Å². The standard InChI is InChI=1S/C36H44N10O3/c1-36(2,3)42-35(47)41-33-31(25-16-29(48-4)19-30(17-25)49-5)18-26-20-38-34(40-32(26)39-33)37-14-9-12-27-22-46(44-43-27)28-13-15-45(23-28)21-24-10-7-6-8-11-24/h6-8,10-11,16-20,22,28H,9,12-15,21,23H2,1-5H3,(H3,37,38,39,40,41,42,47). The van der Waals surface area contributed by atoms with Crippen molar-refractivity contribution in [2.75, 3.05) is 44.5 Å². The van der Waals surface area contributed by atoms with E-state index in [4.69, 9.17) is 14.5 Å². The average molecular weight is 665 g/mol. The zero-order chi connectivity index (χ0) is 34.4. The molecule has 1 unspecified atom stereocenters. The highest BCUT2D eigenvalue weighted by molar-refractivity contribution is 5.96. The highest BCUT2D eigenvalue weighted by Gasteiger charge is 2.25. The van der Waals surface area contributed by atoms with E-state index in [0.29, 0.717) is 47.1 Å². The summed E-state index contributed by atoms with van der Waals surface area (Å²) in [5, 5.41) is 18.8. The minimum absolute atomic E-state index is 0.340. The second kappa shape index (κ2) is 14.9. The predicted molar refractivity (Wildman–Crippen MR) is 190 cm³/mol. The van der Waals surface area contributed by atoms with Crippen molar-refractivity contribution in [1.29, 1.82) is 0 Å². The molecule has 3 N–H and O–H groups in total. The van der Waals surface area contributed by atoms with E-state index in [1.807, 2.05) is 43.7 Å². The first kappa shape index (κ1) is 33.6. The van der Waals surface area contributed by atoms with Crippen molar-refractivity contribution in [2.45, 2.75) is 58.2 Å². The van der Waals surface area contributed by atoms with Crippen LogP contribution in [0.15, 0.2) is 67.0 Å². The molecule has 2 aromatic carbocycles. The van der Waals surface area contributed by atoms with Crippen molar-refractivity contribution in [1.82, 2.24) is 40.2 Å². The number of likely N-dealkylation sites (tertiary alicyclic amines) is 1. The normalized spacial score (nSPS) is 14.9. The number of aromatic nitrogens is 6. The Kier molecular flexibility index (Phi) is 10.2. The zero-order valence-corrected chi connectivity index (χ0v) is 28.7. The van der Waals surface area contributed by atoms with Crippen molar-refractivity contribution in [2.24, 2.45) is 0 Å². The maximum Gasteiger partial charge on any atom is 0.320 e. The summed E-state index contributed by atoms with van der Waals surface area (Å²) in [6.45, 7) is 9.37. The Balaban J connectivity index is 1.10. The van der Waals surface area contributed by atoms with Crippen molar-refractivity contribution < 1.29 is 14.3 Å². The summed E-state index contributed by atoms with van der Waals surface area (Å²) in [7, 11) is 3.19. The Bertz CT molecular complexity index is 1870. The molecule has 0 radical (unpaired) electrons. The van der Waals surface area contributed by atoms with Gasteiger partial charge in [0.2, 0.25) is 5.95 Å². The number of nitrogens with one attached hydrogen (secondary N) is 3. The number of ether oxygens (including phenoxy) is 2. The maximum atomic E-state index is 12.9. The van der Waals surface area contributed by atoms with Crippen molar-refractivity contribution in [3.05, 3.63) is 78.2 Å². The molecule has 0 spiro atoms. The van der Waals surface area contributed by atoms with E-state index in [-0.39, 0.29) is 6.03 Å².